The van der Waals surface area contributed by atoms with Crippen LogP contribution < -0.4 is 5.32 Å². The van der Waals surface area contributed by atoms with Gasteiger partial charge in [0.05, 0.1) is 6.04 Å². The minimum atomic E-state index is 0.390. The van der Waals surface area contributed by atoms with Crippen molar-refractivity contribution in [2.75, 3.05) is 25.9 Å². The van der Waals surface area contributed by atoms with Crippen molar-refractivity contribution in [1.29, 1.82) is 0 Å². The molecule has 108 valence electrons. The van der Waals surface area contributed by atoms with Gasteiger partial charge < -0.3 is 10.2 Å². The van der Waals surface area contributed by atoms with Crippen LogP contribution >= 0.6 is 11.8 Å². The van der Waals surface area contributed by atoms with E-state index in [0.29, 0.717) is 11.6 Å². The largest absolute Gasteiger partial charge is 0.359 e. The zero-order chi connectivity index (χ0) is 13.3. The van der Waals surface area contributed by atoms with Crippen molar-refractivity contribution in [3.05, 3.63) is 0 Å². The summed E-state index contributed by atoms with van der Waals surface area (Å²) in [6.45, 7) is 4.80. The lowest BCUT2D eigenvalue weighted by molar-refractivity contribution is 0.247. The van der Waals surface area contributed by atoms with Crippen LogP contribution in [0.4, 0.5) is 0 Å². The van der Waals surface area contributed by atoms with Gasteiger partial charge >= 0.3 is 0 Å². The van der Waals surface area contributed by atoms with Crippen molar-refractivity contribution < 1.29 is 0 Å². The van der Waals surface area contributed by atoms with E-state index in [-0.39, 0.29) is 0 Å². The molecule has 1 N–H and O–H groups in total. The zero-order valence-electron chi connectivity index (χ0n) is 12.3. The van der Waals surface area contributed by atoms with Crippen molar-refractivity contribution in [3.63, 3.8) is 0 Å². The van der Waals surface area contributed by atoms with E-state index in [1.807, 2.05) is 11.8 Å². The van der Waals surface area contributed by atoms with Crippen molar-refractivity contribution >= 4 is 16.9 Å². The average Bonchev–Trinajstić information content (AvgIpc) is 2.80. The lowest BCUT2D eigenvalue weighted by Crippen LogP contribution is -2.46. The smallest absolute Gasteiger partial charge is 0.157 e. The predicted molar refractivity (Wildman–Crippen MR) is 83.9 cm³/mol. The number of amidine groups is 1. The van der Waals surface area contributed by atoms with E-state index in [9.17, 15) is 0 Å². The van der Waals surface area contributed by atoms with Crippen LogP contribution in [0.1, 0.15) is 45.4 Å². The molecule has 1 aliphatic carbocycles. The lowest BCUT2D eigenvalue weighted by Gasteiger charge is -2.35. The van der Waals surface area contributed by atoms with Crippen LogP contribution in [-0.4, -0.2) is 47.5 Å². The molecule has 3 fully saturated rings. The van der Waals surface area contributed by atoms with E-state index in [2.05, 4.69) is 24.2 Å². The van der Waals surface area contributed by atoms with Crippen LogP contribution in [0.3, 0.4) is 0 Å². The number of rotatable bonds is 1. The molecule has 0 amide bonds. The van der Waals surface area contributed by atoms with Crippen LogP contribution in [0, 0.1) is 5.92 Å². The fourth-order valence-electron chi connectivity index (χ4n) is 3.45. The first-order chi connectivity index (χ1) is 9.15. The molecule has 1 saturated carbocycles. The Morgan fingerprint density at radius 1 is 1.21 bits per heavy atom. The highest BCUT2D eigenvalue weighted by molar-refractivity contribution is 8.14. The van der Waals surface area contributed by atoms with Crippen LogP contribution in [0.2, 0.25) is 0 Å². The molecule has 3 nitrogen and oxygen atoms in total. The molecule has 2 aliphatic heterocycles. The fraction of sp³-hybridized carbons (Fsp3) is 0.933. The van der Waals surface area contributed by atoms with E-state index < -0.39 is 0 Å². The van der Waals surface area contributed by atoms with Crippen LogP contribution in [0.15, 0.2) is 4.99 Å². The molecule has 3 rings (SSSR count). The second-order valence-corrected chi connectivity index (χ2v) is 7.81. The summed E-state index contributed by atoms with van der Waals surface area (Å²) in [7, 11) is 2.21. The molecule has 2 saturated heterocycles. The summed E-state index contributed by atoms with van der Waals surface area (Å²) < 4.78 is 0. The molecule has 0 atom stereocenters. The summed E-state index contributed by atoms with van der Waals surface area (Å²) in [5.41, 5.74) is 0.390. The number of aliphatic imine (C=N–C) groups is 1. The first-order valence-corrected chi connectivity index (χ1v) is 8.81. The maximum absolute atomic E-state index is 4.98. The molecule has 0 aromatic heterocycles. The van der Waals surface area contributed by atoms with Gasteiger partial charge in [-0.3, -0.25) is 4.99 Å². The highest BCUT2D eigenvalue weighted by atomic mass is 32.2. The highest BCUT2D eigenvalue weighted by Crippen LogP contribution is 2.38. The van der Waals surface area contributed by atoms with E-state index >= 15 is 0 Å². The van der Waals surface area contributed by atoms with Gasteiger partial charge in [-0.2, -0.15) is 0 Å². The number of nitrogens with zero attached hydrogens (tertiary/aromatic N) is 2. The van der Waals surface area contributed by atoms with E-state index in [4.69, 9.17) is 4.99 Å². The van der Waals surface area contributed by atoms with Gasteiger partial charge in [-0.25, -0.2) is 0 Å². The van der Waals surface area contributed by atoms with E-state index in [1.165, 1.54) is 62.5 Å². The second kappa shape index (κ2) is 5.65. The minimum Gasteiger partial charge on any atom is -0.359 e. The van der Waals surface area contributed by atoms with Crippen LogP contribution in [0.25, 0.3) is 0 Å². The number of hydrogen-bond acceptors (Lipinski definition) is 3. The monoisotopic (exact) mass is 281 g/mol. The maximum atomic E-state index is 4.98. The molecule has 0 radical (unpaired) electrons. The van der Waals surface area contributed by atoms with Gasteiger partial charge in [0.15, 0.2) is 5.17 Å². The van der Waals surface area contributed by atoms with Crippen molar-refractivity contribution in [3.8, 4) is 0 Å². The summed E-state index contributed by atoms with van der Waals surface area (Å²) >= 11 is 1.97. The van der Waals surface area contributed by atoms with Gasteiger partial charge in [0, 0.05) is 11.3 Å². The van der Waals surface area contributed by atoms with Gasteiger partial charge in [0.25, 0.3) is 0 Å². The topological polar surface area (TPSA) is 27.6 Å². The zero-order valence-corrected chi connectivity index (χ0v) is 13.1. The van der Waals surface area contributed by atoms with Gasteiger partial charge in [-0.15, -0.1) is 0 Å². The van der Waals surface area contributed by atoms with Gasteiger partial charge in [0.2, 0.25) is 0 Å². The van der Waals surface area contributed by atoms with Crippen molar-refractivity contribution in [2.45, 2.75) is 57.0 Å². The Morgan fingerprint density at radius 2 is 1.89 bits per heavy atom. The molecule has 0 unspecified atom stereocenters. The van der Waals surface area contributed by atoms with Crippen LogP contribution in [0.5, 0.6) is 0 Å². The first kappa shape index (κ1) is 13.7. The second-order valence-electron chi connectivity index (χ2n) is 6.85. The van der Waals surface area contributed by atoms with Gasteiger partial charge in [0.1, 0.15) is 0 Å². The Balaban J connectivity index is 1.56. The summed E-state index contributed by atoms with van der Waals surface area (Å²) in [5, 5.41) is 5.02. The number of hydrogen-bond donors (Lipinski definition) is 1. The summed E-state index contributed by atoms with van der Waals surface area (Å²) in [4.78, 5) is 7.39. The highest BCUT2D eigenvalue weighted by Gasteiger charge is 2.39. The summed E-state index contributed by atoms with van der Waals surface area (Å²) in [5.74, 6) is 2.16. The predicted octanol–water partition coefficient (Wildman–Crippen LogP) is 2.72. The Morgan fingerprint density at radius 3 is 2.58 bits per heavy atom. The third-order valence-electron chi connectivity index (χ3n) is 5.08. The molecule has 1 spiro atoms. The molecule has 4 heteroatoms. The molecular formula is C15H27N3S. The van der Waals surface area contributed by atoms with Crippen molar-refractivity contribution in [2.24, 2.45) is 10.9 Å². The fourth-order valence-corrected chi connectivity index (χ4v) is 4.74. The third-order valence-corrected chi connectivity index (χ3v) is 6.25. The number of piperidine rings is 1. The first-order valence-electron chi connectivity index (χ1n) is 7.83. The van der Waals surface area contributed by atoms with E-state index in [1.54, 1.807) is 0 Å². The van der Waals surface area contributed by atoms with E-state index in [0.717, 1.165) is 5.92 Å². The SMILES string of the molecule is CC1CCC2(CC1)CSC(=NC1CCN(C)CC1)N2. The Hall–Kier alpha value is -0.220. The number of thioether (sulfide) groups is 1. The molecular weight excluding hydrogens is 254 g/mol. The summed E-state index contributed by atoms with van der Waals surface area (Å²) in [6.07, 6.45) is 7.91. The molecule has 0 aromatic carbocycles. The van der Waals surface area contributed by atoms with Crippen molar-refractivity contribution in [1.82, 2.24) is 10.2 Å². The average molecular weight is 281 g/mol. The molecule has 3 aliphatic rings. The molecule has 2 heterocycles. The maximum Gasteiger partial charge on any atom is 0.157 e. The Kier molecular flexibility index (Phi) is 4.08. The Bertz CT molecular complexity index is 339. The molecule has 0 bridgehead atoms. The lowest BCUT2D eigenvalue weighted by atomic mass is 9.78. The number of nitrogens with one attached hydrogen (secondary N) is 1. The molecule has 19 heavy (non-hydrogen) atoms. The quantitative estimate of drug-likeness (QED) is 0.801. The molecule has 0 aromatic rings. The van der Waals surface area contributed by atoms with Gasteiger partial charge in [-0.1, -0.05) is 18.7 Å². The van der Waals surface area contributed by atoms with Crippen LogP contribution in [-0.2, 0) is 0 Å². The standard InChI is InChI=1S/C15H27N3S/c1-12-3-7-15(8-4-12)11-19-14(17-15)16-13-5-9-18(2)10-6-13/h12-13H,3-11H2,1-2H3,(H,16,17). The Labute approximate surface area is 121 Å². The number of likely N-dealkylation sites (tertiary alicyclic amines) is 1. The summed E-state index contributed by atoms with van der Waals surface area (Å²) in [6, 6.07) is 0.559. The minimum absolute atomic E-state index is 0.390. The van der Waals surface area contributed by atoms with Gasteiger partial charge in [-0.05, 0) is 64.6 Å². The normalized spacial score (nSPS) is 39.9. The third kappa shape index (κ3) is 3.27.